The summed E-state index contributed by atoms with van der Waals surface area (Å²) in [5.74, 6) is 1.66. The predicted molar refractivity (Wildman–Crippen MR) is 86.2 cm³/mol. The van der Waals surface area contributed by atoms with Crippen LogP contribution in [0.5, 0.6) is 5.75 Å². The number of aliphatic imine (C=N–C) groups is 2. The summed E-state index contributed by atoms with van der Waals surface area (Å²) in [5.41, 5.74) is 1.04. The zero-order valence-electron chi connectivity index (χ0n) is 11.1. The molecule has 0 saturated carbocycles. The van der Waals surface area contributed by atoms with Crippen molar-refractivity contribution in [3.8, 4) is 5.75 Å². The molecule has 2 aromatic rings. The monoisotopic (exact) mass is 286 g/mol. The lowest BCUT2D eigenvalue weighted by Crippen LogP contribution is -2.08. The zero-order valence-corrected chi connectivity index (χ0v) is 11.8. The number of halogens is 1. The van der Waals surface area contributed by atoms with Crippen molar-refractivity contribution in [1.82, 2.24) is 0 Å². The minimum absolute atomic E-state index is 0.246. The van der Waals surface area contributed by atoms with E-state index in [0.29, 0.717) is 11.7 Å². The van der Waals surface area contributed by atoms with Crippen LogP contribution in [0.1, 0.15) is 5.56 Å². The molecule has 0 fully saturated rings. The summed E-state index contributed by atoms with van der Waals surface area (Å²) in [7, 11) is 0. The zero-order chi connectivity index (χ0) is 14.4. The Morgan fingerprint density at radius 2 is 2.10 bits per heavy atom. The third kappa shape index (κ3) is 3.25. The average Bonchev–Trinajstić information content (AvgIpc) is 2.50. The first-order chi connectivity index (χ1) is 9.78. The fourth-order valence-electron chi connectivity index (χ4n) is 1.93. The number of rotatable bonds is 5. The second kappa shape index (κ2) is 6.87. The smallest absolute Gasteiger partial charge is 0.165 e. The molecule has 0 atom stereocenters. The molecule has 2 aromatic carbocycles. The van der Waals surface area contributed by atoms with E-state index in [1.165, 1.54) is 6.20 Å². The molecule has 0 aliphatic rings. The fraction of sp³-hybridized carbons (Fsp3) is 0.125. The highest BCUT2D eigenvalue weighted by atomic mass is 35.5. The summed E-state index contributed by atoms with van der Waals surface area (Å²) >= 11 is 6.00. The maximum atomic E-state index is 6.00. The molecule has 0 spiro atoms. The lowest BCUT2D eigenvalue weighted by molar-refractivity contribution is 0.376. The standard InChI is InChI=1S/C16H15ClN2O/c1-3-19-16(18-2)11-20-14-8-12-6-4-5-7-15(12)13(9-14)10-17/h3-9H,1-2,10-11H2. The minimum atomic E-state index is 0.246. The van der Waals surface area contributed by atoms with E-state index < -0.39 is 0 Å². The van der Waals surface area contributed by atoms with Crippen LogP contribution in [0.25, 0.3) is 10.8 Å². The van der Waals surface area contributed by atoms with Gasteiger partial charge in [0.15, 0.2) is 5.84 Å². The molecular weight excluding hydrogens is 272 g/mol. The lowest BCUT2D eigenvalue weighted by Gasteiger charge is -2.10. The van der Waals surface area contributed by atoms with Gasteiger partial charge >= 0.3 is 0 Å². The maximum Gasteiger partial charge on any atom is 0.165 e. The van der Waals surface area contributed by atoms with E-state index >= 15 is 0 Å². The van der Waals surface area contributed by atoms with Crippen LogP contribution in [0.3, 0.4) is 0 Å². The molecule has 3 nitrogen and oxygen atoms in total. The number of benzene rings is 2. The Balaban J connectivity index is 2.29. The van der Waals surface area contributed by atoms with Gasteiger partial charge in [-0.15, -0.1) is 11.6 Å². The Morgan fingerprint density at radius 3 is 2.80 bits per heavy atom. The first kappa shape index (κ1) is 14.3. The van der Waals surface area contributed by atoms with Crippen LogP contribution in [0, 0.1) is 0 Å². The SMILES string of the molecule is C=CN=C(COc1cc(CCl)c2ccccc2c1)N=C. The predicted octanol–water partition coefficient (Wildman–Crippen LogP) is 4.20. The average molecular weight is 287 g/mol. The van der Waals surface area contributed by atoms with Gasteiger partial charge in [0, 0.05) is 12.1 Å². The van der Waals surface area contributed by atoms with Gasteiger partial charge in [-0.2, -0.15) is 0 Å². The van der Waals surface area contributed by atoms with E-state index in [-0.39, 0.29) is 6.61 Å². The highest BCUT2D eigenvalue weighted by Crippen LogP contribution is 2.26. The summed E-state index contributed by atoms with van der Waals surface area (Å²) in [5, 5.41) is 2.23. The summed E-state index contributed by atoms with van der Waals surface area (Å²) in [6, 6.07) is 12.0. The van der Waals surface area contributed by atoms with Gasteiger partial charge in [0.05, 0.1) is 0 Å². The van der Waals surface area contributed by atoms with E-state index in [0.717, 1.165) is 22.1 Å². The largest absolute Gasteiger partial charge is 0.486 e. The maximum absolute atomic E-state index is 6.00. The topological polar surface area (TPSA) is 34.0 Å². The van der Waals surface area contributed by atoms with Crippen LogP contribution >= 0.6 is 11.6 Å². The van der Waals surface area contributed by atoms with Gasteiger partial charge in [-0.3, -0.25) is 0 Å². The molecule has 0 unspecified atom stereocenters. The third-order valence-electron chi connectivity index (χ3n) is 2.86. The van der Waals surface area contributed by atoms with Gasteiger partial charge in [0.1, 0.15) is 12.4 Å². The van der Waals surface area contributed by atoms with E-state index in [4.69, 9.17) is 16.3 Å². The van der Waals surface area contributed by atoms with Crippen molar-refractivity contribution in [3.63, 3.8) is 0 Å². The van der Waals surface area contributed by atoms with Gasteiger partial charge < -0.3 is 4.74 Å². The van der Waals surface area contributed by atoms with Crippen molar-refractivity contribution in [2.45, 2.75) is 5.88 Å². The molecule has 0 aliphatic carbocycles. The Labute approximate surface area is 123 Å². The molecule has 4 heteroatoms. The molecule has 20 heavy (non-hydrogen) atoms. The second-order valence-electron chi connectivity index (χ2n) is 4.11. The van der Waals surface area contributed by atoms with E-state index in [9.17, 15) is 0 Å². The van der Waals surface area contributed by atoms with Crippen LogP contribution in [0.2, 0.25) is 0 Å². The summed E-state index contributed by atoms with van der Waals surface area (Å²) in [6.07, 6.45) is 1.41. The number of alkyl halides is 1. The molecule has 0 aliphatic heterocycles. The number of fused-ring (bicyclic) bond motifs is 1. The van der Waals surface area contributed by atoms with Crippen LogP contribution in [0.4, 0.5) is 0 Å². The van der Waals surface area contributed by atoms with Crippen molar-refractivity contribution in [1.29, 1.82) is 0 Å². The second-order valence-corrected chi connectivity index (χ2v) is 4.38. The van der Waals surface area contributed by atoms with Gasteiger partial charge in [0.2, 0.25) is 0 Å². The Kier molecular flexibility index (Phi) is 4.91. The van der Waals surface area contributed by atoms with Gasteiger partial charge in [0.25, 0.3) is 0 Å². The van der Waals surface area contributed by atoms with Crippen LogP contribution in [-0.4, -0.2) is 19.2 Å². The number of ether oxygens (including phenoxy) is 1. The molecule has 0 heterocycles. The van der Waals surface area contributed by atoms with E-state index in [1.807, 2.05) is 36.4 Å². The molecule has 0 radical (unpaired) electrons. The molecule has 2 rings (SSSR count). The Bertz CT molecular complexity index is 665. The van der Waals surface area contributed by atoms with Crippen molar-refractivity contribution < 1.29 is 4.74 Å². The van der Waals surface area contributed by atoms with Crippen LogP contribution < -0.4 is 4.74 Å². The number of hydrogen-bond donors (Lipinski definition) is 0. The van der Waals surface area contributed by atoms with Gasteiger partial charge in [-0.1, -0.05) is 30.8 Å². The quantitative estimate of drug-likeness (QED) is 0.461. The molecule has 0 aromatic heterocycles. The summed E-state index contributed by atoms with van der Waals surface area (Å²) in [4.78, 5) is 7.74. The summed E-state index contributed by atoms with van der Waals surface area (Å²) < 4.78 is 5.69. The van der Waals surface area contributed by atoms with Crippen molar-refractivity contribution in [2.75, 3.05) is 6.61 Å². The Morgan fingerprint density at radius 1 is 1.30 bits per heavy atom. The molecule has 0 bridgehead atoms. The van der Waals surface area contributed by atoms with Crippen molar-refractivity contribution in [3.05, 3.63) is 54.7 Å². The molecule has 0 saturated heterocycles. The molecule has 102 valence electrons. The number of amidine groups is 1. The first-order valence-electron chi connectivity index (χ1n) is 6.13. The number of nitrogens with zero attached hydrogens (tertiary/aromatic N) is 2. The van der Waals surface area contributed by atoms with E-state index in [1.54, 1.807) is 0 Å². The Hall–Kier alpha value is -2.13. The first-order valence-corrected chi connectivity index (χ1v) is 6.66. The molecule has 0 amide bonds. The van der Waals surface area contributed by atoms with Crippen LogP contribution in [0.15, 0.2) is 59.2 Å². The minimum Gasteiger partial charge on any atom is -0.486 e. The lowest BCUT2D eigenvalue weighted by atomic mass is 10.1. The normalized spacial score (nSPS) is 11.3. The fourth-order valence-corrected chi connectivity index (χ4v) is 2.15. The molecular formula is C16H15ClN2O. The summed E-state index contributed by atoms with van der Waals surface area (Å²) in [6.45, 7) is 7.21. The van der Waals surface area contributed by atoms with Crippen LogP contribution in [-0.2, 0) is 5.88 Å². The van der Waals surface area contributed by atoms with E-state index in [2.05, 4.69) is 23.3 Å². The molecule has 0 N–H and O–H groups in total. The highest BCUT2D eigenvalue weighted by molar-refractivity contribution is 6.18. The highest BCUT2D eigenvalue weighted by Gasteiger charge is 2.05. The third-order valence-corrected chi connectivity index (χ3v) is 3.14. The van der Waals surface area contributed by atoms with Gasteiger partial charge in [-0.25, -0.2) is 9.98 Å². The van der Waals surface area contributed by atoms with Crippen molar-refractivity contribution in [2.24, 2.45) is 9.98 Å². The van der Waals surface area contributed by atoms with Gasteiger partial charge in [-0.05, 0) is 35.2 Å². The number of hydrogen-bond acceptors (Lipinski definition) is 2. The van der Waals surface area contributed by atoms with Crippen molar-refractivity contribution >= 4 is 34.9 Å².